The molecule has 160 valence electrons. The number of aromatic nitrogens is 2. The van der Waals surface area contributed by atoms with Crippen molar-refractivity contribution in [2.24, 2.45) is 0 Å². The molecule has 2 rings (SSSR count). The number of hydrogen-bond donors (Lipinski definition) is 0. The molecule has 1 heterocycles. The number of halogens is 1. The Morgan fingerprint density at radius 3 is 2.24 bits per heavy atom. The van der Waals surface area contributed by atoms with Gasteiger partial charge in [0.15, 0.2) is 0 Å². The molecule has 1 unspecified atom stereocenters. The van der Waals surface area contributed by atoms with E-state index in [1.165, 1.54) is 57.8 Å². The zero-order valence-electron chi connectivity index (χ0n) is 17.9. The third-order valence-electron chi connectivity index (χ3n) is 5.15. The minimum Gasteiger partial charge on any atom is -0.372 e. The molecular formula is C25H37ClN2O. The number of nitrogens with zero attached hydrogens (tertiary/aromatic N) is 2. The lowest BCUT2D eigenvalue weighted by molar-refractivity contribution is 0.0710. The predicted molar refractivity (Wildman–Crippen MR) is 124 cm³/mol. The molecule has 4 heteroatoms. The highest BCUT2D eigenvalue weighted by molar-refractivity contribution is 6.30. The second-order valence-corrected chi connectivity index (χ2v) is 8.20. The Hall–Kier alpha value is -1.58. The van der Waals surface area contributed by atoms with Gasteiger partial charge in [0.25, 0.3) is 0 Å². The van der Waals surface area contributed by atoms with Crippen LogP contribution in [0.5, 0.6) is 0 Å². The zero-order valence-corrected chi connectivity index (χ0v) is 18.7. The van der Waals surface area contributed by atoms with Gasteiger partial charge in [-0.3, -0.25) is 0 Å². The Balaban J connectivity index is 1.65. The summed E-state index contributed by atoms with van der Waals surface area (Å²) in [5.41, 5.74) is 1.13. The predicted octanol–water partition coefficient (Wildman–Crippen LogP) is 7.56. The minimum absolute atomic E-state index is 0.0402. The molecule has 0 fully saturated rings. The summed E-state index contributed by atoms with van der Waals surface area (Å²) >= 11 is 5.97. The fraction of sp³-hybridized carbons (Fsp3) is 0.560. The van der Waals surface area contributed by atoms with Crippen molar-refractivity contribution < 1.29 is 4.74 Å². The van der Waals surface area contributed by atoms with Crippen LogP contribution in [0.25, 0.3) is 6.08 Å². The Kier molecular flexibility index (Phi) is 12.5. The molecular weight excluding hydrogens is 380 g/mol. The van der Waals surface area contributed by atoms with E-state index in [9.17, 15) is 0 Å². The summed E-state index contributed by atoms with van der Waals surface area (Å²) in [6, 6.07) is 7.87. The van der Waals surface area contributed by atoms with E-state index in [1.54, 1.807) is 0 Å². The van der Waals surface area contributed by atoms with Crippen molar-refractivity contribution >= 4 is 17.7 Å². The first-order valence-electron chi connectivity index (χ1n) is 11.3. The highest BCUT2D eigenvalue weighted by Gasteiger charge is 2.06. The van der Waals surface area contributed by atoms with E-state index < -0.39 is 0 Å². The molecule has 0 saturated carbocycles. The molecule has 1 atom stereocenters. The zero-order chi connectivity index (χ0) is 20.6. The van der Waals surface area contributed by atoms with Crippen molar-refractivity contribution in [1.29, 1.82) is 0 Å². The van der Waals surface area contributed by atoms with Gasteiger partial charge >= 0.3 is 0 Å². The van der Waals surface area contributed by atoms with Crippen LogP contribution in [0, 0.1) is 0 Å². The van der Waals surface area contributed by atoms with Crippen LogP contribution >= 0.6 is 11.6 Å². The molecule has 3 nitrogen and oxygen atoms in total. The molecule has 0 radical (unpaired) electrons. The van der Waals surface area contributed by atoms with E-state index in [0.29, 0.717) is 0 Å². The summed E-state index contributed by atoms with van der Waals surface area (Å²) in [6.07, 6.45) is 23.3. The first-order chi connectivity index (χ1) is 14.3. The van der Waals surface area contributed by atoms with Crippen molar-refractivity contribution in [1.82, 2.24) is 9.55 Å². The van der Waals surface area contributed by atoms with Crippen LogP contribution in [0.15, 0.2) is 49.1 Å². The largest absolute Gasteiger partial charge is 0.372 e. The number of ether oxygens (including phenoxy) is 1. The van der Waals surface area contributed by atoms with E-state index in [2.05, 4.69) is 28.6 Å². The number of benzene rings is 1. The monoisotopic (exact) mass is 416 g/mol. The smallest absolute Gasteiger partial charge is 0.0946 e. The molecule has 0 aliphatic heterocycles. The summed E-state index contributed by atoms with van der Waals surface area (Å²) < 4.78 is 8.24. The van der Waals surface area contributed by atoms with Gasteiger partial charge in [0.05, 0.1) is 19.0 Å². The summed E-state index contributed by atoms with van der Waals surface area (Å²) in [7, 11) is 0. The van der Waals surface area contributed by atoms with Crippen LogP contribution in [-0.2, 0) is 11.3 Å². The number of imidazole rings is 1. The quantitative estimate of drug-likeness (QED) is 0.264. The molecule has 2 aromatic rings. The molecule has 0 amide bonds. The standard InChI is InChI=1S/C25H37ClN2O/c1-2-3-4-5-6-7-8-9-10-11-20-29-25(21-28-19-18-27-22-28)17-14-23-12-15-24(26)16-13-23/h12-19,22,25H,2-11,20-21H2,1H3. The third kappa shape index (κ3) is 11.3. The molecule has 0 bridgehead atoms. The normalized spacial score (nSPS) is 12.6. The minimum atomic E-state index is 0.0402. The van der Waals surface area contributed by atoms with Crippen LogP contribution < -0.4 is 0 Å². The number of hydrogen-bond acceptors (Lipinski definition) is 2. The molecule has 29 heavy (non-hydrogen) atoms. The first kappa shape index (κ1) is 23.7. The van der Waals surface area contributed by atoms with Crippen LogP contribution in [0.1, 0.15) is 76.7 Å². The maximum atomic E-state index is 6.17. The van der Waals surface area contributed by atoms with E-state index in [1.807, 2.05) is 43.0 Å². The maximum Gasteiger partial charge on any atom is 0.0946 e. The summed E-state index contributed by atoms with van der Waals surface area (Å²) in [5.74, 6) is 0. The van der Waals surface area contributed by atoms with Crippen molar-refractivity contribution in [3.8, 4) is 0 Å². The van der Waals surface area contributed by atoms with E-state index >= 15 is 0 Å². The fourth-order valence-corrected chi connectivity index (χ4v) is 3.51. The molecule has 0 spiro atoms. The van der Waals surface area contributed by atoms with Gasteiger partial charge in [0.1, 0.15) is 0 Å². The van der Waals surface area contributed by atoms with Gasteiger partial charge in [-0.15, -0.1) is 0 Å². The van der Waals surface area contributed by atoms with Crippen LogP contribution in [-0.4, -0.2) is 22.3 Å². The van der Waals surface area contributed by atoms with Crippen molar-refractivity contribution in [2.45, 2.75) is 83.8 Å². The lowest BCUT2D eigenvalue weighted by Crippen LogP contribution is -2.17. The Morgan fingerprint density at radius 2 is 1.62 bits per heavy atom. The SMILES string of the molecule is CCCCCCCCCCCCOC(C=Cc1ccc(Cl)cc1)Cn1ccnc1. The Labute approximate surface area is 182 Å². The molecule has 0 saturated heterocycles. The number of rotatable bonds is 16. The fourth-order valence-electron chi connectivity index (χ4n) is 3.39. The molecule has 0 aliphatic rings. The third-order valence-corrected chi connectivity index (χ3v) is 5.41. The number of unbranched alkanes of at least 4 members (excludes halogenated alkanes) is 9. The maximum absolute atomic E-state index is 6.17. The van der Waals surface area contributed by atoms with Crippen molar-refractivity contribution in [2.75, 3.05) is 6.61 Å². The second kappa shape index (κ2) is 15.3. The Bertz CT molecular complexity index is 652. The van der Waals surface area contributed by atoms with E-state index in [4.69, 9.17) is 16.3 Å². The van der Waals surface area contributed by atoms with Gasteiger partial charge in [-0.05, 0) is 24.1 Å². The molecule has 0 N–H and O–H groups in total. The average molecular weight is 417 g/mol. The topological polar surface area (TPSA) is 27.1 Å². The molecule has 1 aromatic carbocycles. The van der Waals surface area contributed by atoms with Crippen LogP contribution in [0.3, 0.4) is 0 Å². The summed E-state index contributed by atoms with van der Waals surface area (Å²) in [6.45, 7) is 3.86. The summed E-state index contributed by atoms with van der Waals surface area (Å²) in [5, 5.41) is 0.759. The van der Waals surface area contributed by atoms with E-state index in [0.717, 1.165) is 30.2 Å². The lowest BCUT2D eigenvalue weighted by Gasteiger charge is -2.15. The molecule has 1 aromatic heterocycles. The van der Waals surface area contributed by atoms with Gasteiger partial charge in [0, 0.05) is 24.0 Å². The van der Waals surface area contributed by atoms with Crippen molar-refractivity contribution in [3.05, 3.63) is 59.6 Å². The van der Waals surface area contributed by atoms with Gasteiger partial charge < -0.3 is 9.30 Å². The van der Waals surface area contributed by atoms with Gasteiger partial charge in [-0.2, -0.15) is 0 Å². The van der Waals surface area contributed by atoms with E-state index in [-0.39, 0.29) is 6.10 Å². The molecule has 0 aliphatic carbocycles. The average Bonchev–Trinajstić information content (AvgIpc) is 3.24. The van der Waals surface area contributed by atoms with Gasteiger partial charge in [-0.25, -0.2) is 4.98 Å². The summed E-state index contributed by atoms with van der Waals surface area (Å²) in [4.78, 5) is 4.13. The highest BCUT2D eigenvalue weighted by atomic mass is 35.5. The lowest BCUT2D eigenvalue weighted by atomic mass is 10.1. The van der Waals surface area contributed by atoms with Crippen molar-refractivity contribution in [3.63, 3.8) is 0 Å². The second-order valence-electron chi connectivity index (χ2n) is 7.76. The van der Waals surface area contributed by atoms with Gasteiger partial charge in [0.2, 0.25) is 0 Å². The Morgan fingerprint density at radius 1 is 0.966 bits per heavy atom. The first-order valence-corrected chi connectivity index (χ1v) is 11.7. The van der Waals surface area contributed by atoms with Crippen LogP contribution in [0.4, 0.5) is 0 Å². The highest BCUT2D eigenvalue weighted by Crippen LogP contribution is 2.13. The van der Waals surface area contributed by atoms with Crippen LogP contribution in [0.2, 0.25) is 5.02 Å². The van der Waals surface area contributed by atoms with Gasteiger partial charge in [-0.1, -0.05) is 101 Å².